The zero-order valence-electron chi connectivity index (χ0n) is 37.3. The Labute approximate surface area is 395 Å². The average Bonchev–Trinajstić information content (AvgIpc) is 4.07. The highest BCUT2D eigenvalue weighted by molar-refractivity contribution is 6.24. The summed E-state index contributed by atoms with van der Waals surface area (Å²) in [5, 5.41) is 9.68. The minimum Gasteiger partial charge on any atom is -0.309 e. The minimum absolute atomic E-state index is 1.11. The molecule has 2 heteroatoms. The van der Waals surface area contributed by atoms with Crippen molar-refractivity contribution in [2.24, 2.45) is 0 Å². The fourth-order valence-electron chi connectivity index (χ4n) is 10.6. The van der Waals surface area contributed by atoms with Gasteiger partial charge in [0.1, 0.15) is 0 Å². The van der Waals surface area contributed by atoms with Gasteiger partial charge in [0.2, 0.25) is 0 Å². The van der Waals surface area contributed by atoms with Crippen LogP contribution in [0.2, 0.25) is 0 Å². The third-order valence-electron chi connectivity index (χ3n) is 13.7. The van der Waals surface area contributed by atoms with E-state index in [1.165, 1.54) is 87.6 Å². The summed E-state index contributed by atoms with van der Waals surface area (Å²) in [6, 6.07) is 97.8. The van der Waals surface area contributed by atoms with Crippen molar-refractivity contribution in [3.63, 3.8) is 0 Å². The lowest BCUT2D eigenvalue weighted by atomic mass is 9.84. The van der Waals surface area contributed by atoms with E-state index in [0.717, 1.165) is 34.2 Å². The van der Waals surface area contributed by atoms with Crippen LogP contribution < -0.4 is 0 Å². The van der Waals surface area contributed by atoms with Crippen molar-refractivity contribution in [3.05, 3.63) is 267 Å². The second-order valence-electron chi connectivity index (χ2n) is 17.6. The summed E-state index contributed by atoms with van der Waals surface area (Å²) in [6.07, 6.45) is 0. The van der Waals surface area contributed by atoms with Crippen LogP contribution in [0.25, 0.3) is 122 Å². The summed E-state index contributed by atoms with van der Waals surface area (Å²) >= 11 is 0. The molecule has 0 bridgehead atoms. The number of aromatic nitrogens is 2. The summed E-state index contributed by atoms with van der Waals surface area (Å²) in [5.74, 6) is 0. The largest absolute Gasteiger partial charge is 0.309 e. The standard InChI is InChI=1S/C66H44N2/c1-5-20-47(21-6-1)61-38-39-62(48-22-7-2-8-23-48)67(61)53-35-37-58-59(43-53)65(52-33-32-45-18-13-14-28-51(45)42-52)57-36-34-54(44-60(57)66(58)56-31-17-29-46-19-15-16-30-55(46)56)68-63(49-24-9-3-10-25-49)40-41-64(68)50-26-11-4-12-27-50/h1-44H. The van der Waals surface area contributed by atoms with Gasteiger partial charge in [-0.1, -0.05) is 212 Å². The maximum absolute atomic E-state index is 2.45. The smallest absolute Gasteiger partial charge is 0.0535 e. The predicted octanol–water partition coefficient (Wildman–Crippen LogP) is 17.9. The molecule has 0 aliphatic rings. The van der Waals surface area contributed by atoms with Crippen molar-refractivity contribution in [2.45, 2.75) is 0 Å². The van der Waals surface area contributed by atoms with E-state index >= 15 is 0 Å². The van der Waals surface area contributed by atoms with Gasteiger partial charge >= 0.3 is 0 Å². The Morgan fingerprint density at radius 3 is 1.13 bits per heavy atom. The number of nitrogens with zero attached hydrogens (tertiary/aromatic N) is 2. The van der Waals surface area contributed by atoms with Gasteiger partial charge in [0, 0.05) is 11.4 Å². The molecule has 0 aliphatic heterocycles. The lowest BCUT2D eigenvalue weighted by Gasteiger charge is -2.22. The van der Waals surface area contributed by atoms with Gasteiger partial charge in [0.05, 0.1) is 22.8 Å². The lowest BCUT2D eigenvalue weighted by molar-refractivity contribution is 1.10. The van der Waals surface area contributed by atoms with Crippen LogP contribution >= 0.6 is 0 Å². The first-order valence-electron chi connectivity index (χ1n) is 23.4. The van der Waals surface area contributed by atoms with Crippen LogP contribution in [-0.2, 0) is 0 Å². The fourth-order valence-corrected chi connectivity index (χ4v) is 10.6. The normalized spacial score (nSPS) is 11.5. The zero-order valence-corrected chi connectivity index (χ0v) is 37.3. The van der Waals surface area contributed by atoms with Gasteiger partial charge in [-0.3, -0.25) is 0 Å². The Morgan fingerprint density at radius 1 is 0.206 bits per heavy atom. The van der Waals surface area contributed by atoms with Gasteiger partial charge in [-0.2, -0.15) is 0 Å². The Balaban J connectivity index is 1.17. The molecular weight excluding hydrogens is 821 g/mol. The maximum Gasteiger partial charge on any atom is 0.0535 e. The quantitative estimate of drug-likeness (QED) is 0.135. The molecule has 0 amide bonds. The van der Waals surface area contributed by atoms with Crippen LogP contribution in [0.3, 0.4) is 0 Å². The molecule has 68 heavy (non-hydrogen) atoms. The van der Waals surface area contributed by atoms with Crippen molar-refractivity contribution in [1.82, 2.24) is 9.13 Å². The SMILES string of the molecule is c1ccc(-c2ccc(-c3ccccc3)n2-c2ccc3c(-c4cccc5ccccc45)c4cc(-n5c(-c6ccccc6)ccc5-c5ccccc5)ccc4c(-c4ccc5ccccc5c4)c3c2)cc1. The molecule has 2 aromatic heterocycles. The number of benzene rings is 11. The molecule has 0 saturated heterocycles. The van der Waals surface area contributed by atoms with Crippen molar-refractivity contribution in [1.29, 1.82) is 0 Å². The molecule has 0 aliphatic carbocycles. The van der Waals surface area contributed by atoms with Crippen LogP contribution in [0.15, 0.2) is 267 Å². The molecule has 0 radical (unpaired) electrons. The minimum atomic E-state index is 1.11. The first-order valence-corrected chi connectivity index (χ1v) is 23.4. The summed E-state index contributed by atoms with van der Waals surface area (Å²) in [4.78, 5) is 0. The Bertz CT molecular complexity index is 3870. The van der Waals surface area contributed by atoms with E-state index in [4.69, 9.17) is 0 Å². The first-order chi connectivity index (χ1) is 33.7. The molecule has 0 fully saturated rings. The molecular formula is C66H44N2. The molecule has 2 nitrogen and oxygen atoms in total. The molecule has 318 valence electrons. The van der Waals surface area contributed by atoms with E-state index in [-0.39, 0.29) is 0 Å². The number of rotatable bonds is 8. The fraction of sp³-hybridized carbons (Fsp3) is 0. The van der Waals surface area contributed by atoms with Crippen LogP contribution in [0.5, 0.6) is 0 Å². The average molecular weight is 865 g/mol. The van der Waals surface area contributed by atoms with Gasteiger partial charge in [-0.25, -0.2) is 0 Å². The van der Waals surface area contributed by atoms with E-state index in [1.54, 1.807) is 0 Å². The van der Waals surface area contributed by atoms with Crippen molar-refractivity contribution in [2.75, 3.05) is 0 Å². The number of hydrogen-bond donors (Lipinski definition) is 0. The van der Waals surface area contributed by atoms with Crippen molar-refractivity contribution >= 4 is 43.1 Å². The van der Waals surface area contributed by atoms with Crippen LogP contribution in [0.1, 0.15) is 0 Å². The Kier molecular flexibility index (Phi) is 9.54. The summed E-state index contributed by atoms with van der Waals surface area (Å²) in [7, 11) is 0. The van der Waals surface area contributed by atoms with E-state index in [2.05, 4.69) is 276 Å². The highest BCUT2D eigenvalue weighted by Gasteiger charge is 2.23. The van der Waals surface area contributed by atoms with Gasteiger partial charge in [0.15, 0.2) is 0 Å². The van der Waals surface area contributed by atoms with Crippen LogP contribution in [0.4, 0.5) is 0 Å². The number of fused-ring (bicyclic) bond motifs is 4. The summed E-state index contributed by atoms with van der Waals surface area (Å²) < 4.78 is 4.89. The third-order valence-corrected chi connectivity index (χ3v) is 13.7. The third kappa shape index (κ3) is 6.65. The van der Waals surface area contributed by atoms with Gasteiger partial charge in [0.25, 0.3) is 0 Å². The molecule has 0 atom stereocenters. The second-order valence-corrected chi connectivity index (χ2v) is 17.6. The molecule has 2 heterocycles. The van der Waals surface area contributed by atoms with Crippen LogP contribution in [0, 0.1) is 0 Å². The van der Waals surface area contributed by atoms with Crippen molar-refractivity contribution < 1.29 is 0 Å². The Morgan fingerprint density at radius 2 is 0.618 bits per heavy atom. The second kappa shape index (κ2) is 16.5. The Hall–Kier alpha value is -8.98. The predicted molar refractivity (Wildman–Crippen MR) is 288 cm³/mol. The number of hydrogen-bond acceptors (Lipinski definition) is 0. The first kappa shape index (κ1) is 39.4. The highest BCUT2D eigenvalue weighted by Crippen LogP contribution is 2.48. The molecule has 13 aromatic rings. The van der Waals surface area contributed by atoms with E-state index in [1.807, 2.05) is 0 Å². The maximum atomic E-state index is 2.45. The lowest BCUT2D eigenvalue weighted by Crippen LogP contribution is -2.02. The van der Waals surface area contributed by atoms with E-state index < -0.39 is 0 Å². The summed E-state index contributed by atoms with van der Waals surface area (Å²) in [6.45, 7) is 0. The van der Waals surface area contributed by atoms with E-state index in [9.17, 15) is 0 Å². The topological polar surface area (TPSA) is 9.86 Å². The molecule has 11 aromatic carbocycles. The summed E-state index contributed by atoms with van der Waals surface area (Å²) in [5.41, 5.74) is 16.3. The van der Waals surface area contributed by atoms with Crippen LogP contribution in [-0.4, -0.2) is 9.13 Å². The molecule has 0 saturated carbocycles. The molecule has 0 spiro atoms. The van der Waals surface area contributed by atoms with E-state index in [0.29, 0.717) is 0 Å². The molecule has 13 rings (SSSR count). The zero-order chi connectivity index (χ0) is 45.0. The highest BCUT2D eigenvalue weighted by atomic mass is 15.0. The van der Waals surface area contributed by atoms with Crippen molar-refractivity contribution in [3.8, 4) is 78.7 Å². The molecule has 0 N–H and O–H groups in total. The van der Waals surface area contributed by atoms with Gasteiger partial charge < -0.3 is 9.13 Å². The van der Waals surface area contributed by atoms with Gasteiger partial charge in [-0.15, -0.1) is 0 Å². The monoisotopic (exact) mass is 864 g/mol. The molecule has 0 unspecified atom stereocenters. The van der Waals surface area contributed by atoms with Gasteiger partial charge in [-0.05, 0) is 142 Å².